The lowest BCUT2D eigenvalue weighted by molar-refractivity contribution is -0.120. The molecule has 3 rings (SSSR count). The third kappa shape index (κ3) is 5.31. The predicted molar refractivity (Wildman–Crippen MR) is 102 cm³/mol. The molecule has 1 aliphatic carbocycles. The van der Waals surface area contributed by atoms with E-state index in [1.54, 1.807) is 0 Å². The second-order valence-electron chi connectivity index (χ2n) is 6.39. The summed E-state index contributed by atoms with van der Waals surface area (Å²) in [6.45, 7) is 2.64. The molecule has 1 fully saturated rings. The number of carbonyl (C=O) groups is 1. The first-order chi connectivity index (χ1) is 12.1. The molecule has 1 saturated carbocycles. The molecular weight excluding hydrogens is 402 g/mol. The van der Waals surface area contributed by atoms with E-state index in [0.717, 1.165) is 16.6 Å². The summed E-state index contributed by atoms with van der Waals surface area (Å²) in [4.78, 5) is 12.3. The van der Waals surface area contributed by atoms with Crippen LogP contribution in [0.25, 0.3) is 11.5 Å². The zero-order valence-corrected chi connectivity index (χ0v) is 16.6. The molecule has 1 N–H and O–H groups in total. The summed E-state index contributed by atoms with van der Waals surface area (Å²) in [6.07, 6.45) is 6.34. The van der Waals surface area contributed by atoms with Crippen molar-refractivity contribution < 1.29 is 9.21 Å². The highest BCUT2D eigenvalue weighted by Crippen LogP contribution is 2.28. The fraction of sp³-hybridized carbons (Fsp3) is 0.500. The number of nitrogens with zero attached hydrogens (tertiary/aromatic N) is 2. The Hall–Kier alpha value is -1.34. The Kier molecular flexibility index (Phi) is 6.53. The van der Waals surface area contributed by atoms with Crippen LogP contribution in [0, 0.1) is 5.92 Å². The SMILES string of the molecule is C[C@@H](Sc1nnc(-c2cccc(Br)c2)o1)C(=O)NCC1CCCCC1. The number of hydrogen-bond donors (Lipinski definition) is 1. The number of carbonyl (C=O) groups excluding carboxylic acids is 1. The van der Waals surface area contributed by atoms with Gasteiger partial charge in [-0.1, -0.05) is 53.0 Å². The first-order valence-electron chi connectivity index (χ1n) is 8.65. The minimum atomic E-state index is -0.264. The molecule has 1 amide bonds. The Morgan fingerprint density at radius 1 is 1.36 bits per heavy atom. The van der Waals surface area contributed by atoms with E-state index in [1.165, 1.54) is 43.9 Å². The molecule has 25 heavy (non-hydrogen) atoms. The molecule has 1 aromatic carbocycles. The number of nitrogens with one attached hydrogen (secondary N) is 1. The quantitative estimate of drug-likeness (QED) is 0.683. The minimum Gasteiger partial charge on any atom is -0.411 e. The lowest BCUT2D eigenvalue weighted by Crippen LogP contribution is -2.35. The lowest BCUT2D eigenvalue weighted by atomic mass is 9.89. The Labute approximate surface area is 160 Å². The molecule has 5 nitrogen and oxygen atoms in total. The first kappa shape index (κ1) is 18.5. The smallest absolute Gasteiger partial charge is 0.277 e. The van der Waals surface area contributed by atoms with Gasteiger partial charge in [-0.3, -0.25) is 4.79 Å². The highest BCUT2D eigenvalue weighted by atomic mass is 79.9. The predicted octanol–water partition coefficient (Wildman–Crippen LogP) is 4.68. The molecule has 1 heterocycles. The number of aromatic nitrogens is 2. The van der Waals surface area contributed by atoms with Gasteiger partial charge in [0.25, 0.3) is 5.22 Å². The second kappa shape index (κ2) is 8.85. The average Bonchev–Trinajstić information content (AvgIpc) is 3.09. The number of amides is 1. The van der Waals surface area contributed by atoms with Gasteiger partial charge < -0.3 is 9.73 Å². The van der Waals surface area contributed by atoms with Crippen LogP contribution in [-0.2, 0) is 4.79 Å². The van der Waals surface area contributed by atoms with E-state index >= 15 is 0 Å². The van der Waals surface area contributed by atoms with Crippen molar-refractivity contribution in [3.05, 3.63) is 28.7 Å². The fourth-order valence-electron chi connectivity index (χ4n) is 2.98. The summed E-state index contributed by atoms with van der Waals surface area (Å²) in [5.41, 5.74) is 0.850. The molecule has 0 saturated heterocycles. The van der Waals surface area contributed by atoms with Crippen molar-refractivity contribution in [2.75, 3.05) is 6.54 Å². The number of thioether (sulfide) groups is 1. The van der Waals surface area contributed by atoms with Gasteiger partial charge in [0.1, 0.15) is 0 Å². The van der Waals surface area contributed by atoms with Crippen LogP contribution in [0.1, 0.15) is 39.0 Å². The third-order valence-corrected chi connectivity index (χ3v) is 5.84. The second-order valence-corrected chi connectivity index (χ2v) is 8.60. The van der Waals surface area contributed by atoms with Crippen LogP contribution in [0.4, 0.5) is 0 Å². The van der Waals surface area contributed by atoms with Crippen molar-refractivity contribution in [1.29, 1.82) is 0 Å². The Bertz CT molecular complexity index is 716. The average molecular weight is 424 g/mol. The van der Waals surface area contributed by atoms with Gasteiger partial charge in [-0.2, -0.15) is 0 Å². The van der Waals surface area contributed by atoms with Gasteiger partial charge in [0.15, 0.2) is 0 Å². The maximum absolute atomic E-state index is 12.3. The van der Waals surface area contributed by atoms with E-state index in [1.807, 2.05) is 31.2 Å². The van der Waals surface area contributed by atoms with Crippen LogP contribution in [0.2, 0.25) is 0 Å². The number of rotatable bonds is 6. The molecule has 0 unspecified atom stereocenters. The highest BCUT2D eigenvalue weighted by molar-refractivity contribution is 9.10. The Balaban J connectivity index is 1.52. The van der Waals surface area contributed by atoms with Gasteiger partial charge in [-0.05, 0) is 43.9 Å². The van der Waals surface area contributed by atoms with E-state index in [9.17, 15) is 4.79 Å². The topological polar surface area (TPSA) is 68.0 Å². The van der Waals surface area contributed by atoms with Crippen LogP contribution in [0.15, 0.2) is 38.4 Å². The largest absolute Gasteiger partial charge is 0.411 e. The summed E-state index contributed by atoms with van der Waals surface area (Å²) >= 11 is 4.72. The minimum absolute atomic E-state index is 0.0257. The van der Waals surface area contributed by atoms with Crippen molar-refractivity contribution in [2.24, 2.45) is 5.92 Å². The van der Waals surface area contributed by atoms with Gasteiger partial charge in [-0.25, -0.2) is 0 Å². The summed E-state index contributed by atoms with van der Waals surface area (Å²) in [5, 5.41) is 11.3. The van der Waals surface area contributed by atoms with Gasteiger partial charge in [0.2, 0.25) is 11.8 Å². The van der Waals surface area contributed by atoms with Gasteiger partial charge in [0.05, 0.1) is 5.25 Å². The molecular formula is C18H22BrN3O2S. The van der Waals surface area contributed by atoms with Gasteiger partial charge >= 0.3 is 0 Å². The standard InChI is InChI=1S/C18H22BrN3O2S/c1-12(16(23)20-11-13-6-3-2-4-7-13)25-18-22-21-17(24-18)14-8-5-9-15(19)10-14/h5,8-10,12-13H,2-4,6-7,11H2,1H3,(H,20,23)/t12-/m1/s1. The number of halogens is 1. The molecule has 0 bridgehead atoms. The molecule has 7 heteroatoms. The molecule has 2 aromatic rings. The summed E-state index contributed by atoms with van der Waals surface area (Å²) < 4.78 is 6.63. The fourth-order valence-corrected chi connectivity index (χ4v) is 4.09. The zero-order chi connectivity index (χ0) is 17.6. The van der Waals surface area contributed by atoms with Crippen LogP contribution < -0.4 is 5.32 Å². The number of benzene rings is 1. The van der Waals surface area contributed by atoms with Crippen LogP contribution in [0.5, 0.6) is 0 Å². The Morgan fingerprint density at radius 2 is 2.16 bits per heavy atom. The van der Waals surface area contributed by atoms with E-state index in [0.29, 0.717) is 17.0 Å². The summed E-state index contributed by atoms with van der Waals surface area (Å²) in [6, 6.07) is 7.68. The van der Waals surface area contributed by atoms with Crippen molar-refractivity contribution >= 4 is 33.6 Å². The van der Waals surface area contributed by atoms with E-state index in [-0.39, 0.29) is 11.2 Å². The van der Waals surface area contributed by atoms with Crippen molar-refractivity contribution in [3.63, 3.8) is 0 Å². The molecule has 1 aromatic heterocycles. The monoisotopic (exact) mass is 423 g/mol. The molecule has 134 valence electrons. The number of hydrogen-bond acceptors (Lipinski definition) is 5. The van der Waals surface area contributed by atoms with Crippen molar-refractivity contribution in [1.82, 2.24) is 15.5 Å². The maximum atomic E-state index is 12.3. The van der Waals surface area contributed by atoms with Crippen LogP contribution >= 0.6 is 27.7 Å². The lowest BCUT2D eigenvalue weighted by Gasteiger charge is -2.22. The normalized spacial score (nSPS) is 16.6. The Morgan fingerprint density at radius 3 is 2.92 bits per heavy atom. The third-order valence-electron chi connectivity index (χ3n) is 4.41. The van der Waals surface area contributed by atoms with Crippen LogP contribution in [0.3, 0.4) is 0 Å². The van der Waals surface area contributed by atoms with E-state index in [4.69, 9.17) is 4.42 Å². The highest BCUT2D eigenvalue weighted by Gasteiger charge is 2.20. The van der Waals surface area contributed by atoms with Crippen molar-refractivity contribution in [3.8, 4) is 11.5 Å². The molecule has 1 atom stereocenters. The molecule has 0 spiro atoms. The van der Waals surface area contributed by atoms with E-state index in [2.05, 4.69) is 31.4 Å². The summed E-state index contributed by atoms with van der Waals surface area (Å²) in [5.74, 6) is 1.11. The molecule has 0 aliphatic heterocycles. The maximum Gasteiger partial charge on any atom is 0.277 e. The molecule has 0 radical (unpaired) electrons. The van der Waals surface area contributed by atoms with Crippen LogP contribution in [-0.4, -0.2) is 27.9 Å². The first-order valence-corrected chi connectivity index (χ1v) is 10.3. The van der Waals surface area contributed by atoms with E-state index < -0.39 is 0 Å². The summed E-state index contributed by atoms with van der Waals surface area (Å²) in [7, 11) is 0. The molecule has 1 aliphatic rings. The zero-order valence-electron chi connectivity index (χ0n) is 14.2. The van der Waals surface area contributed by atoms with Crippen molar-refractivity contribution in [2.45, 2.75) is 49.5 Å². The van der Waals surface area contributed by atoms with Gasteiger partial charge in [0, 0.05) is 16.6 Å². The van der Waals surface area contributed by atoms with Gasteiger partial charge in [-0.15, -0.1) is 10.2 Å².